The molecule has 1 atom stereocenters. The number of nitrogens with one attached hydrogen (secondary N) is 1. The highest BCUT2D eigenvalue weighted by Crippen LogP contribution is 2.23. The molecule has 0 amide bonds. The van der Waals surface area contributed by atoms with Gasteiger partial charge in [-0.3, -0.25) is 4.98 Å². The molecule has 100 valence electrons. The van der Waals surface area contributed by atoms with Crippen LogP contribution in [-0.4, -0.2) is 23.7 Å². The van der Waals surface area contributed by atoms with E-state index in [0.29, 0.717) is 5.92 Å². The Morgan fingerprint density at radius 3 is 2.78 bits per heavy atom. The van der Waals surface area contributed by atoms with Crippen LogP contribution in [0.15, 0.2) is 18.5 Å². The third-order valence-corrected chi connectivity index (χ3v) is 3.26. The summed E-state index contributed by atoms with van der Waals surface area (Å²) in [5.41, 5.74) is 1.27. The summed E-state index contributed by atoms with van der Waals surface area (Å²) in [5, 5.41) is 3.55. The predicted octanol–water partition coefficient (Wildman–Crippen LogP) is 3.11. The average Bonchev–Trinajstić information content (AvgIpc) is 3.12. The van der Waals surface area contributed by atoms with Crippen molar-refractivity contribution in [3.63, 3.8) is 0 Å². The molecule has 1 aromatic heterocycles. The van der Waals surface area contributed by atoms with E-state index in [2.05, 4.69) is 23.3 Å². The fourth-order valence-electron chi connectivity index (χ4n) is 2.00. The summed E-state index contributed by atoms with van der Waals surface area (Å²) in [4.78, 5) is 4.27. The summed E-state index contributed by atoms with van der Waals surface area (Å²) in [6.07, 6.45) is 7.81. The van der Waals surface area contributed by atoms with Gasteiger partial charge >= 0.3 is 0 Å². The minimum atomic E-state index is 0.203. The molecule has 1 fully saturated rings. The van der Waals surface area contributed by atoms with Gasteiger partial charge in [0, 0.05) is 12.2 Å². The van der Waals surface area contributed by atoms with Gasteiger partial charge in [0.15, 0.2) is 0 Å². The fourth-order valence-corrected chi connectivity index (χ4v) is 2.00. The Morgan fingerprint density at radius 2 is 2.11 bits per heavy atom. The highest BCUT2D eigenvalue weighted by Gasteiger charge is 2.20. The minimum Gasteiger partial charge on any atom is -0.489 e. The number of hydrogen-bond donors (Lipinski definition) is 1. The number of rotatable bonds is 7. The van der Waals surface area contributed by atoms with Gasteiger partial charge in [-0.2, -0.15) is 0 Å². The summed E-state index contributed by atoms with van der Waals surface area (Å²) < 4.78 is 5.68. The molecular weight excluding hydrogens is 224 g/mol. The molecular formula is C15H24N2O. The summed E-state index contributed by atoms with van der Waals surface area (Å²) in [5.74, 6) is 1.41. The molecule has 1 unspecified atom stereocenters. The molecule has 1 aliphatic carbocycles. The van der Waals surface area contributed by atoms with E-state index >= 15 is 0 Å². The lowest BCUT2D eigenvalue weighted by atomic mass is 9.99. The average molecular weight is 248 g/mol. The van der Waals surface area contributed by atoms with Crippen LogP contribution in [0, 0.1) is 0 Å². The van der Waals surface area contributed by atoms with E-state index in [1.54, 1.807) is 6.20 Å². The zero-order valence-electron chi connectivity index (χ0n) is 11.6. The van der Waals surface area contributed by atoms with E-state index < -0.39 is 0 Å². The lowest BCUT2D eigenvalue weighted by Crippen LogP contribution is -2.19. The Labute approximate surface area is 110 Å². The van der Waals surface area contributed by atoms with Gasteiger partial charge in [-0.15, -0.1) is 0 Å². The molecule has 1 aromatic rings. The third-order valence-electron chi connectivity index (χ3n) is 3.26. The second kappa shape index (κ2) is 6.19. The number of hydrogen-bond acceptors (Lipinski definition) is 3. The second-order valence-corrected chi connectivity index (χ2v) is 5.54. The van der Waals surface area contributed by atoms with Crippen LogP contribution in [0.25, 0.3) is 0 Å². The first-order valence-corrected chi connectivity index (χ1v) is 7.00. The van der Waals surface area contributed by atoms with Gasteiger partial charge in [0.05, 0.1) is 12.3 Å². The van der Waals surface area contributed by atoms with Crippen molar-refractivity contribution in [1.29, 1.82) is 0 Å². The molecule has 0 aliphatic heterocycles. The van der Waals surface area contributed by atoms with E-state index in [1.807, 2.05) is 20.0 Å². The van der Waals surface area contributed by atoms with Crippen molar-refractivity contribution in [2.24, 2.45) is 0 Å². The van der Waals surface area contributed by atoms with E-state index in [0.717, 1.165) is 24.8 Å². The van der Waals surface area contributed by atoms with E-state index in [4.69, 9.17) is 4.74 Å². The van der Waals surface area contributed by atoms with Crippen molar-refractivity contribution in [2.45, 2.75) is 58.1 Å². The maximum absolute atomic E-state index is 5.68. The summed E-state index contributed by atoms with van der Waals surface area (Å²) in [6.45, 7) is 7.43. The summed E-state index contributed by atoms with van der Waals surface area (Å²) in [7, 11) is 0. The molecule has 1 saturated carbocycles. The van der Waals surface area contributed by atoms with E-state index in [-0.39, 0.29) is 6.10 Å². The first-order valence-electron chi connectivity index (χ1n) is 7.00. The molecule has 1 heterocycles. The van der Waals surface area contributed by atoms with Crippen molar-refractivity contribution in [3.8, 4) is 5.75 Å². The summed E-state index contributed by atoms with van der Waals surface area (Å²) in [6, 6.07) is 2.92. The lowest BCUT2D eigenvalue weighted by Gasteiger charge is -2.14. The van der Waals surface area contributed by atoms with Crippen LogP contribution in [0.2, 0.25) is 0 Å². The van der Waals surface area contributed by atoms with Gasteiger partial charge < -0.3 is 10.1 Å². The topological polar surface area (TPSA) is 34.1 Å². The van der Waals surface area contributed by atoms with E-state index in [1.165, 1.54) is 18.4 Å². The standard InChI is InChI=1S/C15H24N2O/c1-11(2)18-15-8-13(9-16-10-15)12(3)6-7-17-14-4-5-14/h8-12,14,17H,4-7H2,1-3H3. The second-order valence-electron chi connectivity index (χ2n) is 5.54. The SMILES string of the molecule is CC(C)Oc1cncc(C(C)CCNC2CC2)c1. The molecule has 1 aliphatic rings. The Balaban J connectivity index is 1.85. The largest absolute Gasteiger partial charge is 0.489 e. The molecule has 0 bridgehead atoms. The fraction of sp³-hybridized carbons (Fsp3) is 0.667. The Hall–Kier alpha value is -1.09. The monoisotopic (exact) mass is 248 g/mol. The lowest BCUT2D eigenvalue weighted by molar-refractivity contribution is 0.241. The van der Waals surface area contributed by atoms with Crippen LogP contribution in [-0.2, 0) is 0 Å². The van der Waals surface area contributed by atoms with Gasteiger partial charge in [-0.25, -0.2) is 0 Å². The maximum Gasteiger partial charge on any atom is 0.138 e. The van der Waals surface area contributed by atoms with Gasteiger partial charge in [0.2, 0.25) is 0 Å². The van der Waals surface area contributed by atoms with Crippen LogP contribution >= 0.6 is 0 Å². The number of aromatic nitrogens is 1. The van der Waals surface area contributed by atoms with Crippen LogP contribution in [0.5, 0.6) is 5.75 Å². The van der Waals surface area contributed by atoms with Gasteiger partial charge in [0.25, 0.3) is 0 Å². The molecule has 0 radical (unpaired) electrons. The van der Waals surface area contributed by atoms with E-state index in [9.17, 15) is 0 Å². The van der Waals surface area contributed by atoms with Crippen LogP contribution in [0.4, 0.5) is 0 Å². The minimum absolute atomic E-state index is 0.203. The first kappa shape index (κ1) is 13.3. The first-order chi connectivity index (χ1) is 8.65. The van der Waals surface area contributed by atoms with Crippen molar-refractivity contribution < 1.29 is 4.74 Å². The normalized spacial score (nSPS) is 16.9. The highest BCUT2D eigenvalue weighted by molar-refractivity contribution is 5.26. The number of nitrogens with zero attached hydrogens (tertiary/aromatic N) is 1. The molecule has 0 spiro atoms. The Morgan fingerprint density at radius 1 is 1.33 bits per heavy atom. The third kappa shape index (κ3) is 4.30. The Kier molecular flexibility index (Phi) is 4.59. The van der Waals surface area contributed by atoms with Crippen LogP contribution in [0.3, 0.4) is 0 Å². The predicted molar refractivity (Wildman–Crippen MR) is 74.1 cm³/mol. The van der Waals surface area contributed by atoms with Crippen molar-refractivity contribution in [2.75, 3.05) is 6.54 Å². The van der Waals surface area contributed by atoms with Crippen molar-refractivity contribution in [1.82, 2.24) is 10.3 Å². The zero-order chi connectivity index (χ0) is 13.0. The molecule has 1 N–H and O–H groups in total. The zero-order valence-corrected chi connectivity index (χ0v) is 11.6. The quantitative estimate of drug-likeness (QED) is 0.805. The van der Waals surface area contributed by atoms with Crippen LogP contribution in [0.1, 0.15) is 51.5 Å². The molecule has 3 nitrogen and oxygen atoms in total. The molecule has 0 saturated heterocycles. The van der Waals surface area contributed by atoms with Gasteiger partial charge in [-0.1, -0.05) is 6.92 Å². The van der Waals surface area contributed by atoms with Gasteiger partial charge in [-0.05, 0) is 57.2 Å². The van der Waals surface area contributed by atoms with Crippen molar-refractivity contribution >= 4 is 0 Å². The maximum atomic E-state index is 5.68. The smallest absolute Gasteiger partial charge is 0.138 e. The molecule has 2 rings (SSSR count). The summed E-state index contributed by atoms with van der Waals surface area (Å²) >= 11 is 0. The Bertz CT molecular complexity index is 375. The highest BCUT2D eigenvalue weighted by atomic mass is 16.5. The molecule has 0 aromatic carbocycles. The van der Waals surface area contributed by atoms with Crippen molar-refractivity contribution in [3.05, 3.63) is 24.0 Å². The van der Waals surface area contributed by atoms with Crippen LogP contribution < -0.4 is 10.1 Å². The number of ether oxygens (including phenoxy) is 1. The van der Waals surface area contributed by atoms with Gasteiger partial charge in [0.1, 0.15) is 5.75 Å². The number of pyridine rings is 1. The molecule has 18 heavy (non-hydrogen) atoms. The molecule has 3 heteroatoms.